The Labute approximate surface area is 155 Å². The Morgan fingerprint density at radius 3 is 2.44 bits per heavy atom. The molecule has 1 aromatic carbocycles. The van der Waals surface area contributed by atoms with Gasteiger partial charge in [0.15, 0.2) is 0 Å². The van der Waals surface area contributed by atoms with E-state index in [2.05, 4.69) is 20.6 Å². The minimum absolute atomic E-state index is 0.294. The molecule has 3 aromatic rings. The second-order valence-corrected chi connectivity index (χ2v) is 6.13. The van der Waals surface area contributed by atoms with Gasteiger partial charge >= 0.3 is 0 Å². The van der Waals surface area contributed by atoms with Gasteiger partial charge in [-0.25, -0.2) is 4.98 Å². The van der Waals surface area contributed by atoms with E-state index in [0.29, 0.717) is 28.0 Å². The maximum Gasteiger partial charge on any atom is 0.274 e. The maximum absolute atomic E-state index is 12.2. The summed E-state index contributed by atoms with van der Waals surface area (Å²) in [6.07, 6.45) is 5.13. The van der Waals surface area contributed by atoms with Gasteiger partial charge in [0.1, 0.15) is 5.69 Å². The molecule has 0 atom stereocenters. The standard InChI is InChI=1S/C18H14Cl2N4O/c19-13-6-14(20)8-16(7-13)24-18(25)17-4-3-15(11-23-17)22-10-12-2-1-5-21-9-12/h1-9,11,22H,10H2,(H,24,25). The fraction of sp³-hybridized carbons (Fsp3) is 0.0556. The van der Waals surface area contributed by atoms with Crippen molar-refractivity contribution in [1.29, 1.82) is 0 Å². The van der Waals surface area contributed by atoms with E-state index in [-0.39, 0.29) is 5.91 Å². The van der Waals surface area contributed by atoms with Crippen molar-refractivity contribution < 1.29 is 4.79 Å². The van der Waals surface area contributed by atoms with E-state index in [9.17, 15) is 4.79 Å². The highest BCUT2D eigenvalue weighted by Gasteiger charge is 2.09. The monoisotopic (exact) mass is 372 g/mol. The highest BCUT2D eigenvalue weighted by atomic mass is 35.5. The summed E-state index contributed by atoms with van der Waals surface area (Å²) in [7, 11) is 0. The minimum atomic E-state index is -0.336. The minimum Gasteiger partial charge on any atom is -0.380 e. The Morgan fingerprint density at radius 1 is 1.00 bits per heavy atom. The number of halogens is 2. The van der Waals surface area contributed by atoms with Gasteiger partial charge in [-0.05, 0) is 42.0 Å². The molecule has 7 heteroatoms. The molecule has 0 radical (unpaired) electrons. The van der Waals surface area contributed by atoms with Gasteiger partial charge in [-0.15, -0.1) is 0 Å². The molecule has 0 fully saturated rings. The van der Waals surface area contributed by atoms with Crippen molar-refractivity contribution in [2.75, 3.05) is 10.6 Å². The highest BCUT2D eigenvalue weighted by Crippen LogP contribution is 2.22. The van der Waals surface area contributed by atoms with Crippen LogP contribution >= 0.6 is 23.2 Å². The zero-order valence-electron chi connectivity index (χ0n) is 13.0. The molecule has 2 heterocycles. The van der Waals surface area contributed by atoms with Crippen LogP contribution < -0.4 is 10.6 Å². The van der Waals surface area contributed by atoms with E-state index in [4.69, 9.17) is 23.2 Å². The molecular weight excluding hydrogens is 359 g/mol. The van der Waals surface area contributed by atoms with Gasteiger partial charge in [-0.1, -0.05) is 29.3 Å². The van der Waals surface area contributed by atoms with Crippen molar-refractivity contribution >= 4 is 40.5 Å². The Balaban J connectivity index is 1.62. The molecule has 0 saturated heterocycles. The number of carbonyl (C=O) groups excluding carboxylic acids is 1. The Hall–Kier alpha value is -2.63. The Morgan fingerprint density at radius 2 is 1.80 bits per heavy atom. The van der Waals surface area contributed by atoms with Crippen molar-refractivity contribution in [3.8, 4) is 0 Å². The number of nitrogens with zero attached hydrogens (tertiary/aromatic N) is 2. The first-order valence-corrected chi connectivity index (χ1v) is 8.22. The Kier molecular flexibility index (Phi) is 5.48. The fourth-order valence-corrected chi connectivity index (χ4v) is 2.69. The lowest BCUT2D eigenvalue weighted by Gasteiger charge is -2.08. The first-order chi connectivity index (χ1) is 12.1. The maximum atomic E-state index is 12.2. The summed E-state index contributed by atoms with van der Waals surface area (Å²) in [5, 5.41) is 6.84. The molecule has 3 rings (SSSR count). The highest BCUT2D eigenvalue weighted by molar-refractivity contribution is 6.35. The normalized spacial score (nSPS) is 10.3. The molecule has 0 unspecified atom stereocenters. The number of benzene rings is 1. The van der Waals surface area contributed by atoms with E-state index in [1.165, 1.54) is 0 Å². The van der Waals surface area contributed by atoms with Crippen molar-refractivity contribution in [3.05, 3.63) is 82.4 Å². The molecule has 2 aromatic heterocycles. The van der Waals surface area contributed by atoms with Crippen LogP contribution in [0.5, 0.6) is 0 Å². The molecule has 1 amide bonds. The summed E-state index contributed by atoms with van der Waals surface area (Å²) in [6, 6.07) is 12.1. The molecule has 0 bridgehead atoms. The number of hydrogen-bond donors (Lipinski definition) is 2. The average molecular weight is 373 g/mol. The summed E-state index contributed by atoms with van der Waals surface area (Å²) in [5.74, 6) is -0.336. The predicted octanol–water partition coefficient (Wildman–Crippen LogP) is 4.65. The third kappa shape index (κ3) is 4.92. The quantitative estimate of drug-likeness (QED) is 0.683. The summed E-state index contributed by atoms with van der Waals surface area (Å²) in [5.41, 5.74) is 2.68. The zero-order valence-corrected chi connectivity index (χ0v) is 14.6. The summed E-state index contributed by atoms with van der Waals surface area (Å²) in [4.78, 5) is 20.5. The van der Waals surface area contributed by atoms with Crippen LogP contribution in [0.1, 0.15) is 16.1 Å². The van der Waals surface area contributed by atoms with Crippen LogP contribution in [0.4, 0.5) is 11.4 Å². The largest absolute Gasteiger partial charge is 0.380 e. The number of carbonyl (C=O) groups is 1. The van der Waals surface area contributed by atoms with Gasteiger partial charge in [0.2, 0.25) is 0 Å². The average Bonchev–Trinajstić information content (AvgIpc) is 2.60. The molecule has 5 nitrogen and oxygen atoms in total. The summed E-state index contributed by atoms with van der Waals surface area (Å²) >= 11 is 11.8. The van der Waals surface area contributed by atoms with E-state index >= 15 is 0 Å². The number of amides is 1. The number of nitrogens with one attached hydrogen (secondary N) is 2. The van der Waals surface area contributed by atoms with E-state index in [1.54, 1.807) is 48.9 Å². The fourth-order valence-electron chi connectivity index (χ4n) is 2.16. The molecule has 2 N–H and O–H groups in total. The lowest BCUT2D eigenvalue weighted by atomic mass is 10.2. The first-order valence-electron chi connectivity index (χ1n) is 7.46. The second-order valence-electron chi connectivity index (χ2n) is 5.26. The molecule has 126 valence electrons. The number of rotatable bonds is 5. The first kappa shape index (κ1) is 17.2. The predicted molar refractivity (Wildman–Crippen MR) is 100 cm³/mol. The van der Waals surface area contributed by atoms with Crippen LogP contribution in [-0.4, -0.2) is 15.9 Å². The van der Waals surface area contributed by atoms with Gasteiger partial charge in [0, 0.05) is 34.7 Å². The van der Waals surface area contributed by atoms with Gasteiger partial charge in [0.25, 0.3) is 5.91 Å². The van der Waals surface area contributed by atoms with Gasteiger partial charge in [-0.2, -0.15) is 0 Å². The van der Waals surface area contributed by atoms with Crippen LogP contribution in [0, 0.1) is 0 Å². The van der Waals surface area contributed by atoms with Crippen LogP contribution in [0.2, 0.25) is 10.0 Å². The SMILES string of the molecule is O=C(Nc1cc(Cl)cc(Cl)c1)c1ccc(NCc2cccnc2)cn1. The van der Waals surface area contributed by atoms with E-state index in [1.807, 2.05) is 12.1 Å². The van der Waals surface area contributed by atoms with Crippen LogP contribution in [0.3, 0.4) is 0 Å². The number of aromatic nitrogens is 2. The summed E-state index contributed by atoms with van der Waals surface area (Å²) < 4.78 is 0. The molecule has 25 heavy (non-hydrogen) atoms. The lowest BCUT2D eigenvalue weighted by molar-refractivity contribution is 0.102. The van der Waals surface area contributed by atoms with E-state index < -0.39 is 0 Å². The summed E-state index contributed by atoms with van der Waals surface area (Å²) in [6.45, 7) is 0.627. The van der Waals surface area contributed by atoms with Crippen molar-refractivity contribution in [1.82, 2.24) is 9.97 Å². The molecular formula is C18H14Cl2N4O. The van der Waals surface area contributed by atoms with Crippen LogP contribution in [-0.2, 0) is 6.54 Å². The molecule has 0 spiro atoms. The van der Waals surface area contributed by atoms with Gasteiger partial charge in [-0.3, -0.25) is 9.78 Å². The molecule has 0 aliphatic heterocycles. The number of anilines is 2. The Bertz CT molecular complexity index is 850. The van der Waals surface area contributed by atoms with Crippen LogP contribution in [0.25, 0.3) is 0 Å². The number of pyridine rings is 2. The third-order valence-electron chi connectivity index (χ3n) is 3.34. The van der Waals surface area contributed by atoms with Crippen molar-refractivity contribution in [2.45, 2.75) is 6.54 Å². The van der Waals surface area contributed by atoms with Crippen molar-refractivity contribution in [3.63, 3.8) is 0 Å². The zero-order chi connectivity index (χ0) is 17.6. The van der Waals surface area contributed by atoms with Crippen LogP contribution in [0.15, 0.2) is 61.1 Å². The smallest absolute Gasteiger partial charge is 0.274 e. The number of hydrogen-bond acceptors (Lipinski definition) is 4. The molecule has 0 aliphatic rings. The van der Waals surface area contributed by atoms with Gasteiger partial charge < -0.3 is 10.6 Å². The van der Waals surface area contributed by atoms with E-state index in [0.717, 1.165) is 11.3 Å². The molecule has 0 saturated carbocycles. The molecule has 0 aliphatic carbocycles. The lowest BCUT2D eigenvalue weighted by Crippen LogP contribution is -2.13. The van der Waals surface area contributed by atoms with Gasteiger partial charge in [0.05, 0.1) is 11.9 Å². The third-order valence-corrected chi connectivity index (χ3v) is 3.77. The van der Waals surface area contributed by atoms with Crippen molar-refractivity contribution in [2.24, 2.45) is 0 Å². The second kappa shape index (κ2) is 7.96. The topological polar surface area (TPSA) is 66.9 Å².